The number of carbonyl (C=O) groups excluding carboxylic acids is 2. The number of amides is 2. The quantitative estimate of drug-likeness (QED) is 0.888. The van der Waals surface area contributed by atoms with E-state index in [1.165, 1.54) is 0 Å². The molecular weight excluding hydrogens is 318 g/mol. The van der Waals surface area contributed by atoms with Crippen LogP contribution in [0, 0.1) is 5.92 Å². The van der Waals surface area contributed by atoms with E-state index in [0.717, 1.165) is 32.5 Å². The number of carbonyl (C=O) groups is 2. The van der Waals surface area contributed by atoms with Crippen LogP contribution >= 0.6 is 0 Å². The van der Waals surface area contributed by atoms with Crippen molar-refractivity contribution in [2.75, 3.05) is 39.3 Å². The van der Waals surface area contributed by atoms with E-state index in [9.17, 15) is 9.59 Å². The Balaban J connectivity index is 1.51. The molecule has 2 aliphatic heterocycles. The number of nitrogens with one attached hydrogen (secondary N) is 1. The number of nitrogens with zero attached hydrogens (tertiary/aromatic N) is 2. The normalized spacial score (nSPS) is 24.0. The number of benzene rings is 1. The van der Waals surface area contributed by atoms with Gasteiger partial charge in [0, 0.05) is 38.8 Å². The van der Waals surface area contributed by atoms with Crippen molar-refractivity contribution < 1.29 is 14.3 Å². The molecule has 2 heterocycles. The van der Waals surface area contributed by atoms with Crippen LogP contribution in [0.15, 0.2) is 30.3 Å². The average molecular weight is 345 g/mol. The molecule has 1 N–H and O–H groups in total. The Bertz CT molecular complexity index is 593. The van der Waals surface area contributed by atoms with Gasteiger partial charge in [0.15, 0.2) is 6.61 Å². The van der Waals surface area contributed by atoms with Gasteiger partial charge < -0.3 is 19.9 Å². The van der Waals surface area contributed by atoms with E-state index in [1.54, 1.807) is 4.90 Å². The fourth-order valence-corrected chi connectivity index (χ4v) is 3.55. The minimum Gasteiger partial charge on any atom is -0.484 e. The smallest absolute Gasteiger partial charge is 0.260 e. The Morgan fingerprint density at radius 1 is 1.16 bits per heavy atom. The summed E-state index contributed by atoms with van der Waals surface area (Å²) in [5.41, 5.74) is 0. The van der Waals surface area contributed by atoms with Crippen molar-refractivity contribution in [2.24, 2.45) is 5.92 Å². The molecule has 2 atom stereocenters. The number of piperazine rings is 1. The third-order valence-corrected chi connectivity index (χ3v) is 4.91. The average Bonchev–Trinajstić information content (AvgIpc) is 2.66. The monoisotopic (exact) mass is 345 g/mol. The molecule has 2 saturated heterocycles. The highest BCUT2D eigenvalue weighted by Crippen LogP contribution is 2.20. The summed E-state index contributed by atoms with van der Waals surface area (Å²) in [4.78, 5) is 28.9. The van der Waals surface area contributed by atoms with Crippen LogP contribution in [-0.2, 0) is 9.59 Å². The molecule has 2 fully saturated rings. The van der Waals surface area contributed by atoms with E-state index in [2.05, 4.69) is 12.2 Å². The molecule has 2 unspecified atom stereocenters. The highest BCUT2D eigenvalue weighted by molar-refractivity contribution is 5.82. The van der Waals surface area contributed by atoms with Crippen LogP contribution in [-0.4, -0.2) is 67.0 Å². The standard InChI is InChI=1S/C19H27N3O3/c1-15-12-22(11-9-20-15)19(24)16-6-5-10-21(13-16)18(23)14-25-17-7-3-2-4-8-17/h2-4,7-8,15-16,20H,5-6,9-14H2,1H3. The maximum atomic E-state index is 12.8. The first kappa shape index (κ1) is 17.7. The van der Waals surface area contributed by atoms with Crippen molar-refractivity contribution in [3.05, 3.63) is 30.3 Å². The second-order valence-electron chi connectivity index (χ2n) is 6.92. The van der Waals surface area contributed by atoms with Crippen LogP contribution in [0.3, 0.4) is 0 Å². The zero-order chi connectivity index (χ0) is 17.6. The Kier molecular flexibility index (Phi) is 5.91. The zero-order valence-electron chi connectivity index (χ0n) is 14.8. The molecule has 1 aromatic carbocycles. The lowest BCUT2D eigenvalue weighted by Gasteiger charge is -2.38. The number of likely N-dealkylation sites (tertiary alicyclic amines) is 1. The fraction of sp³-hybridized carbons (Fsp3) is 0.579. The van der Waals surface area contributed by atoms with Gasteiger partial charge in [-0.3, -0.25) is 9.59 Å². The van der Waals surface area contributed by atoms with Crippen molar-refractivity contribution >= 4 is 11.8 Å². The van der Waals surface area contributed by atoms with Crippen LogP contribution in [0.1, 0.15) is 19.8 Å². The molecule has 0 saturated carbocycles. The first-order chi connectivity index (χ1) is 12.1. The van der Waals surface area contributed by atoms with Crippen LogP contribution in [0.2, 0.25) is 0 Å². The van der Waals surface area contributed by atoms with Gasteiger partial charge in [0.1, 0.15) is 5.75 Å². The van der Waals surface area contributed by atoms with Gasteiger partial charge in [-0.25, -0.2) is 0 Å². The van der Waals surface area contributed by atoms with Gasteiger partial charge in [-0.05, 0) is 31.9 Å². The predicted octanol–water partition coefficient (Wildman–Crippen LogP) is 1.12. The Morgan fingerprint density at radius 3 is 2.72 bits per heavy atom. The first-order valence-corrected chi connectivity index (χ1v) is 9.11. The molecule has 0 aromatic heterocycles. The van der Waals surface area contributed by atoms with E-state index in [1.807, 2.05) is 35.2 Å². The summed E-state index contributed by atoms with van der Waals surface area (Å²) in [5, 5.41) is 3.35. The van der Waals surface area contributed by atoms with Gasteiger partial charge in [0.25, 0.3) is 5.91 Å². The van der Waals surface area contributed by atoms with Gasteiger partial charge in [-0.2, -0.15) is 0 Å². The summed E-state index contributed by atoms with van der Waals surface area (Å²) in [6.07, 6.45) is 1.73. The van der Waals surface area contributed by atoms with Crippen molar-refractivity contribution in [2.45, 2.75) is 25.8 Å². The molecule has 0 aliphatic carbocycles. The molecule has 6 nitrogen and oxygen atoms in total. The van der Waals surface area contributed by atoms with Gasteiger partial charge in [0.05, 0.1) is 5.92 Å². The summed E-state index contributed by atoms with van der Waals surface area (Å²) in [6.45, 7) is 5.68. The topological polar surface area (TPSA) is 61.9 Å². The SMILES string of the molecule is CC1CN(C(=O)C2CCCN(C(=O)COc3ccccc3)C2)CCN1. The van der Waals surface area contributed by atoms with Gasteiger partial charge >= 0.3 is 0 Å². The van der Waals surface area contributed by atoms with E-state index >= 15 is 0 Å². The number of para-hydroxylation sites is 1. The van der Waals surface area contributed by atoms with Crippen LogP contribution in [0.5, 0.6) is 5.75 Å². The molecule has 2 aliphatic rings. The number of ether oxygens (including phenoxy) is 1. The van der Waals surface area contributed by atoms with Crippen LogP contribution in [0.25, 0.3) is 0 Å². The minimum atomic E-state index is -0.0836. The number of hydrogen-bond donors (Lipinski definition) is 1. The molecule has 2 amide bonds. The molecule has 136 valence electrons. The highest BCUT2D eigenvalue weighted by Gasteiger charge is 2.32. The molecule has 0 bridgehead atoms. The summed E-state index contributed by atoms with van der Waals surface area (Å²) >= 11 is 0. The summed E-state index contributed by atoms with van der Waals surface area (Å²) in [5.74, 6) is 0.750. The molecule has 0 radical (unpaired) electrons. The largest absolute Gasteiger partial charge is 0.484 e. The van der Waals surface area contributed by atoms with E-state index < -0.39 is 0 Å². The Hall–Kier alpha value is -2.08. The van der Waals surface area contributed by atoms with Crippen molar-refractivity contribution in [1.29, 1.82) is 0 Å². The Labute approximate surface area is 149 Å². The highest BCUT2D eigenvalue weighted by atomic mass is 16.5. The summed E-state index contributed by atoms with van der Waals surface area (Å²) in [7, 11) is 0. The molecular formula is C19H27N3O3. The number of rotatable bonds is 4. The summed E-state index contributed by atoms with van der Waals surface area (Å²) in [6, 6.07) is 9.67. The third kappa shape index (κ3) is 4.72. The molecule has 3 rings (SSSR count). The maximum absolute atomic E-state index is 12.8. The maximum Gasteiger partial charge on any atom is 0.260 e. The summed E-state index contributed by atoms with van der Waals surface area (Å²) < 4.78 is 5.55. The lowest BCUT2D eigenvalue weighted by Crippen LogP contribution is -2.55. The van der Waals surface area contributed by atoms with Gasteiger partial charge in [-0.15, -0.1) is 0 Å². The lowest BCUT2D eigenvalue weighted by molar-refractivity contribution is -0.142. The molecule has 6 heteroatoms. The predicted molar refractivity (Wildman–Crippen MR) is 95.3 cm³/mol. The van der Waals surface area contributed by atoms with Crippen LogP contribution in [0.4, 0.5) is 0 Å². The number of piperidine rings is 1. The Morgan fingerprint density at radius 2 is 1.96 bits per heavy atom. The van der Waals surface area contributed by atoms with Crippen molar-refractivity contribution in [1.82, 2.24) is 15.1 Å². The second kappa shape index (κ2) is 8.34. The third-order valence-electron chi connectivity index (χ3n) is 4.91. The van der Waals surface area contributed by atoms with Crippen molar-refractivity contribution in [3.8, 4) is 5.75 Å². The van der Waals surface area contributed by atoms with Crippen molar-refractivity contribution in [3.63, 3.8) is 0 Å². The number of hydrogen-bond acceptors (Lipinski definition) is 4. The van der Waals surface area contributed by atoms with Crippen LogP contribution < -0.4 is 10.1 Å². The van der Waals surface area contributed by atoms with E-state index in [4.69, 9.17) is 4.74 Å². The molecule has 0 spiro atoms. The fourth-order valence-electron chi connectivity index (χ4n) is 3.55. The van der Waals surface area contributed by atoms with E-state index in [-0.39, 0.29) is 24.3 Å². The van der Waals surface area contributed by atoms with Gasteiger partial charge in [-0.1, -0.05) is 18.2 Å². The first-order valence-electron chi connectivity index (χ1n) is 9.11. The van der Waals surface area contributed by atoms with E-state index in [0.29, 0.717) is 24.9 Å². The van der Waals surface area contributed by atoms with Gasteiger partial charge in [0.2, 0.25) is 5.91 Å². The zero-order valence-corrected chi connectivity index (χ0v) is 14.8. The minimum absolute atomic E-state index is 0.0234. The molecule has 25 heavy (non-hydrogen) atoms. The second-order valence-corrected chi connectivity index (χ2v) is 6.92. The lowest BCUT2D eigenvalue weighted by atomic mass is 9.96. The molecule has 1 aromatic rings.